The Labute approximate surface area is 220 Å². The smallest absolute Gasteiger partial charge is 0.454 e. The van der Waals surface area contributed by atoms with Gasteiger partial charge in [-0.3, -0.25) is 0 Å². The first-order chi connectivity index (χ1) is 18.2. The van der Waals surface area contributed by atoms with Crippen molar-refractivity contribution >= 4 is 0 Å². The molecule has 7 heteroatoms. The summed E-state index contributed by atoms with van der Waals surface area (Å²) < 4.78 is 78.4. The molecular formula is C31H33F5O2. The molecule has 2 nitrogen and oxygen atoms in total. The van der Waals surface area contributed by atoms with Gasteiger partial charge >= 0.3 is 6.36 Å². The van der Waals surface area contributed by atoms with E-state index in [-0.39, 0.29) is 29.0 Å². The maximum Gasteiger partial charge on any atom is 0.573 e. The molecule has 1 fully saturated rings. The van der Waals surface area contributed by atoms with Crippen molar-refractivity contribution in [1.29, 1.82) is 0 Å². The van der Waals surface area contributed by atoms with Gasteiger partial charge in [0, 0.05) is 11.1 Å². The lowest BCUT2D eigenvalue weighted by Gasteiger charge is -2.28. The Morgan fingerprint density at radius 3 is 2.03 bits per heavy atom. The van der Waals surface area contributed by atoms with Crippen LogP contribution < -0.4 is 9.47 Å². The van der Waals surface area contributed by atoms with Gasteiger partial charge in [-0.05, 0) is 60.6 Å². The predicted molar refractivity (Wildman–Crippen MR) is 138 cm³/mol. The minimum absolute atomic E-state index is 0.0233. The van der Waals surface area contributed by atoms with E-state index in [2.05, 4.69) is 11.7 Å². The molecule has 3 aromatic rings. The molecule has 3 aromatic carbocycles. The third kappa shape index (κ3) is 7.49. The first-order valence-corrected chi connectivity index (χ1v) is 13.3. The van der Waals surface area contributed by atoms with Gasteiger partial charge in [0.15, 0.2) is 11.6 Å². The molecule has 0 unspecified atom stereocenters. The molecule has 38 heavy (non-hydrogen) atoms. The number of halogens is 5. The van der Waals surface area contributed by atoms with Gasteiger partial charge in [0.05, 0.1) is 0 Å². The van der Waals surface area contributed by atoms with Crippen LogP contribution in [0.4, 0.5) is 22.0 Å². The van der Waals surface area contributed by atoms with Crippen molar-refractivity contribution in [2.75, 3.05) is 0 Å². The van der Waals surface area contributed by atoms with E-state index in [9.17, 15) is 13.2 Å². The Kier molecular flexibility index (Phi) is 9.29. The first kappa shape index (κ1) is 27.9. The van der Waals surface area contributed by atoms with Crippen LogP contribution in [0, 0.1) is 23.5 Å². The lowest BCUT2D eigenvalue weighted by molar-refractivity contribution is -0.274. The van der Waals surface area contributed by atoms with Crippen LogP contribution in [-0.4, -0.2) is 6.36 Å². The molecule has 0 aliphatic heterocycles. The van der Waals surface area contributed by atoms with E-state index in [4.69, 9.17) is 4.74 Å². The summed E-state index contributed by atoms with van der Waals surface area (Å²) in [6.07, 6.45) is 4.34. The SMILES string of the molecule is CCCC[C@H]1CC[C@H](CCc2c(F)cc(-c3ccccc3)c(Oc3ccc(OC(F)(F)F)cc3)c2F)CC1. The summed E-state index contributed by atoms with van der Waals surface area (Å²) in [5.41, 5.74) is 0.774. The third-order valence-corrected chi connectivity index (χ3v) is 7.37. The van der Waals surface area contributed by atoms with Crippen molar-refractivity contribution in [3.05, 3.63) is 77.9 Å². The standard InChI is InChI=1S/C31H33F5O2/c1-2-3-7-21-10-12-22(13-11-21)14-19-26-28(32)20-27(23-8-5-4-6-9-23)30(29(26)33)37-24-15-17-25(18-16-24)38-31(34,35)36/h4-6,8-9,15-18,20-22H,2-3,7,10-14,19H2,1H3/t21-,22-. The summed E-state index contributed by atoms with van der Waals surface area (Å²) in [7, 11) is 0. The van der Waals surface area contributed by atoms with E-state index in [0.717, 1.165) is 30.9 Å². The molecule has 0 aromatic heterocycles. The van der Waals surface area contributed by atoms with Crippen LogP contribution >= 0.6 is 0 Å². The Morgan fingerprint density at radius 1 is 0.816 bits per heavy atom. The normalized spacial score (nSPS) is 17.8. The molecule has 0 atom stereocenters. The van der Waals surface area contributed by atoms with Crippen molar-refractivity contribution in [3.63, 3.8) is 0 Å². The fourth-order valence-corrected chi connectivity index (χ4v) is 5.28. The molecule has 1 aliphatic carbocycles. The van der Waals surface area contributed by atoms with Crippen LogP contribution in [0.1, 0.15) is 63.9 Å². The van der Waals surface area contributed by atoms with Crippen LogP contribution in [0.25, 0.3) is 11.1 Å². The fourth-order valence-electron chi connectivity index (χ4n) is 5.28. The van der Waals surface area contributed by atoms with Gasteiger partial charge in [-0.2, -0.15) is 0 Å². The van der Waals surface area contributed by atoms with Gasteiger partial charge in [0.25, 0.3) is 0 Å². The molecule has 0 bridgehead atoms. The Hall–Kier alpha value is -3.09. The van der Waals surface area contributed by atoms with Gasteiger partial charge < -0.3 is 9.47 Å². The third-order valence-electron chi connectivity index (χ3n) is 7.37. The summed E-state index contributed by atoms with van der Waals surface area (Å²) >= 11 is 0. The van der Waals surface area contributed by atoms with Gasteiger partial charge in [-0.25, -0.2) is 8.78 Å². The number of benzene rings is 3. The first-order valence-electron chi connectivity index (χ1n) is 13.3. The van der Waals surface area contributed by atoms with Crippen LogP contribution in [-0.2, 0) is 6.42 Å². The minimum Gasteiger partial charge on any atom is -0.454 e. The van der Waals surface area contributed by atoms with Crippen molar-refractivity contribution in [2.24, 2.45) is 11.8 Å². The predicted octanol–water partition coefficient (Wildman–Crippen LogP) is 10.3. The van der Waals surface area contributed by atoms with E-state index in [1.807, 2.05) is 0 Å². The number of ether oxygens (including phenoxy) is 2. The zero-order valence-electron chi connectivity index (χ0n) is 21.5. The highest BCUT2D eigenvalue weighted by molar-refractivity contribution is 5.72. The quantitative estimate of drug-likeness (QED) is 0.242. The second-order valence-electron chi connectivity index (χ2n) is 10.1. The van der Waals surface area contributed by atoms with E-state index in [0.29, 0.717) is 17.9 Å². The van der Waals surface area contributed by atoms with Gasteiger partial charge in [-0.15, -0.1) is 13.2 Å². The van der Waals surface area contributed by atoms with E-state index >= 15 is 8.78 Å². The average molecular weight is 533 g/mol. The number of hydrogen-bond donors (Lipinski definition) is 0. The minimum atomic E-state index is -4.82. The van der Waals surface area contributed by atoms with E-state index in [1.54, 1.807) is 30.3 Å². The molecule has 0 spiro atoms. The van der Waals surface area contributed by atoms with Crippen LogP contribution in [0.2, 0.25) is 0 Å². The van der Waals surface area contributed by atoms with Crippen LogP contribution in [0.3, 0.4) is 0 Å². The lowest BCUT2D eigenvalue weighted by Crippen LogP contribution is -2.16. The fraction of sp³-hybridized carbons (Fsp3) is 0.419. The molecule has 0 saturated heterocycles. The maximum atomic E-state index is 15.9. The largest absolute Gasteiger partial charge is 0.573 e. The second kappa shape index (κ2) is 12.6. The molecule has 4 rings (SSSR count). The zero-order valence-corrected chi connectivity index (χ0v) is 21.5. The molecule has 1 aliphatic rings. The second-order valence-corrected chi connectivity index (χ2v) is 10.1. The summed E-state index contributed by atoms with van der Waals surface area (Å²) in [6.45, 7) is 2.20. The summed E-state index contributed by atoms with van der Waals surface area (Å²) in [5, 5.41) is 0. The van der Waals surface area contributed by atoms with Gasteiger partial charge in [-0.1, -0.05) is 82.2 Å². The summed E-state index contributed by atoms with van der Waals surface area (Å²) in [4.78, 5) is 0. The van der Waals surface area contributed by atoms with Crippen LogP contribution in [0.5, 0.6) is 17.2 Å². The maximum absolute atomic E-state index is 15.9. The molecular weight excluding hydrogens is 499 g/mol. The van der Waals surface area contributed by atoms with Crippen molar-refractivity contribution in [1.82, 2.24) is 0 Å². The topological polar surface area (TPSA) is 18.5 Å². The molecule has 0 radical (unpaired) electrons. The number of alkyl halides is 3. The summed E-state index contributed by atoms with van der Waals surface area (Å²) in [6, 6.07) is 14.7. The lowest BCUT2D eigenvalue weighted by atomic mass is 9.78. The Balaban J connectivity index is 1.55. The van der Waals surface area contributed by atoms with Crippen molar-refractivity contribution in [3.8, 4) is 28.4 Å². The van der Waals surface area contributed by atoms with Crippen molar-refractivity contribution < 1.29 is 31.4 Å². The summed E-state index contributed by atoms with van der Waals surface area (Å²) in [5.74, 6) is -0.670. The number of unbranched alkanes of at least 4 members (excludes halogenated alkanes) is 1. The zero-order chi connectivity index (χ0) is 27.1. The van der Waals surface area contributed by atoms with Crippen molar-refractivity contribution in [2.45, 2.75) is 71.1 Å². The molecule has 0 N–H and O–H groups in total. The Bertz CT molecular complexity index is 1170. The van der Waals surface area contributed by atoms with E-state index in [1.165, 1.54) is 50.3 Å². The van der Waals surface area contributed by atoms with Gasteiger partial charge in [0.1, 0.15) is 17.3 Å². The monoisotopic (exact) mass is 532 g/mol. The number of hydrogen-bond acceptors (Lipinski definition) is 2. The highest BCUT2D eigenvalue weighted by Gasteiger charge is 2.31. The van der Waals surface area contributed by atoms with E-state index < -0.39 is 23.7 Å². The molecule has 1 saturated carbocycles. The van der Waals surface area contributed by atoms with Gasteiger partial charge in [0.2, 0.25) is 0 Å². The molecule has 204 valence electrons. The van der Waals surface area contributed by atoms with Crippen LogP contribution in [0.15, 0.2) is 60.7 Å². The molecule has 0 amide bonds. The highest BCUT2D eigenvalue weighted by atomic mass is 19.4. The highest BCUT2D eigenvalue weighted by Crippen LogP contribution is 2.41. The number of rotatable bonds is 10. The molecule has 0 heterocycles. The Morgan fingerprint density at radius 2 is 1.42 bits per heavy atom. The average Bonchev–Trinajstić information content (AvgIpc) is 2.90.